The number of likely N-dealkylation sites (tertiary alicyclic amines) is 1. The third-order valence-electron chi connectivity index (χ3n) is 4.29. The van der Waals surface area contributed by atoms with Gasteiger partial charge in [-0.1, -0.05) is 23.4 Å². The molecule has 3 aromatic rings. The van der Waals surface area contributed by atoms with E-state index in [1.165, 1.54) is 6.42 Å². The van der Waals surface area contributed by atoms with Gasteiger partial charge in [-0.25, -0.2) is 0 Å². The molecule has 1 fully saturated rings. The first kappa shape index (κ1) is 22.6. The number of nitrogens with zero attached hydrogens (tertiary/aromatic N) is 4. The van der Waals surface area contributed by atoms with Crippen LogP contribution in [0.4, 0.5) is 0 Å². The van der Waals surface area contributed by atoms with Gasteiger partial charge in [-0.05, 0) is 50.7 Å². The van der Waals surface area contributed by atoms with Crippen molar-refractivity contribution in [2.45, 2.75) is 18.9 Å². The maximum Gasteiger partial charge on any atom is 0.255 e. The first-order chi connectivity index (χ1) is 14.6. The fraction of sp³-hybridized carbons (Fsp3) is 0.273. The van der Waals surface area contributed by atoms with Crippen molar-refractivity contribution in [2.75, 3.05) is 20.2 Å². The summed E-state index contributed by atoms with van der Waals surface area (Å²) in [5.74, 6) is 1.53. The molecule has 3 heterocycles. The van der Waals surface area contributed by atoms with Crippen molar-refractivity contribution in [2.24, 2.45) is 5.73 Å². The molecule has 8 heteroatoms. The number of ether oxygens (including phenoxy) is 1. The Labute approximate surface area is 176 Å². The number of amides is 1. The molecule has 1 atom stereocenters. The van der Waals surface area contributed by atoms with E-state index in [1.54, 1.807) is 24.5 Å². The molecule has 0 unspecified atom stereocenters. The summed E-state index contributed by atoms with van der Waals surface area (Å²) in [5, 5.41) is 4.01. The normalized spacial score (nSPS) is 15.2. The van der Waals surface area contributed by atoms with Crippen LogP contribution in [0.2, 0.25) is 0 Å². The lowest BCUT2D eigenvalue weighted by molar-refractivity contribution is -0.119. The van der Waals surface area contributed by atoms with Crippen molar-refractivity contribution in [3.8, 4) is 30.0 Å². The van der Waals surface area contributed by atoms with Crippen LogP contribution in [0.1, 0.15) is 24.8 Å². The van der Waals surface area contributed by atoms with E-state index in [2.05, 4.69) is 39.9 Å². The van der Waals surface area contributed by atoms with Gasteiger partial charge in [0.2, 0.25) is 11.7 Å². The maximum absolute atomic E-state index is 10.3. The van der Waals surface area contributed by atoms with Crippen molar-refractivity contribution in [3.05, 3.63) is 60.7 Å². The van der Waals surface area contributed by atoms with E-state index in [4.69, 9.17) is 15.0 Å². The Kier molecular flexibility index (Phi) is 9.03. The summed E-state index contributed by atoms with van der Waals surface area (Å²) in [7, 11) is 2.09. The number of carbonyl (C=O) groups is 1. The molecule has 2 aromatic heterocycles. The molecule has 1 saturated heterocycles. The predicted molar refractivity (Wildman–Crippen MR) is 113 cm³/mol. The van der Waals surface area contributed by atoms with Gasteiger partial charge >= 0.3 is 0 Å². The Morgan fingerprint density at radius 3 is 2.63 bits per heavy atom. The van der Waals surface area contributed by atoms with Crippen LogP contribution in [0.3, 0.4) is 0 Å². The monoisotopic (exact) mass is 407 g/mol. The molecule has 0 radical (unpaired) electrons. The summed E-state index contributed by atoms with van der Waals surface area (Å²) in [6.45, 7) is 1.03. The highest BCUT2D eigenvalue weighted by molar-refractivity contribution is 5.75. The standard InChI is InChI=1S/C12H14N4O.C8H9NO2.C2H2/c1-16-7-3-5-10(16)12-14-11(15-17-12)9-4-2-6-13-8-9;9-8(10)6-11-7-4-2-1-3-5-7;1-2/h2,4,6,8,10H,3,5,7H2,1H3;1-5H,6H2,(H2,9,10);1-2H/t10-;;/m0../s1. The Balaban J connectivity index is 0.000000215. The minimum absolute atomic E-state index is 0.0655. The lowest BCUT2D eigenvalue weighted by Crippen LogP contribution is -2.19. The van der Waals surface area contributed by atoms with Crippen LogP contribution < -0.4 is 10.5 Å². The summed E-state index contributed by atoms with van der Waals surface area (Å²) in [4.78, 5) is 21.0. The SMILES string of the molecule is C#C.CN1CCC[C@H]1c1nc(-c2cccnc2)no1.NC(=O)COc1ccccc1. The number of para-hydroxylation sites is 1. The average molecular weight is 407 g/mol. The number of carbonyl (C=O) groups excluding carboxylic acids is 1. The summed E-state index contributed by atoms with van der Waals surface area (Å²) >= 11 is 0. The van der Waals surface area contributed by atoms with Crippen LogP contribution in [-0.2, 0) is 4.79 Å². The summed E-state index contributed by atoms with van der Waals surface area (Å²) in [6, 6.07) is 13.1. The molecule has 156 valence electrons. The van der Waals surface area contributed by atoms with Crippen LogP contribution in [-0.4, -0.2) is 46.1 Å². The minimum atomic E-state index is -0.464. The second kappa shape index (κ2) is 12.0. The number of primary amides is 1. The number of benzene rings is 1. The van der Waals surface area contributed by atoms with Crippen molar-refractivity contribution in [3.63, 3.8) is 0 Å². The summed E-state index contributed by atoms with van der Waals surface area (Å²) < 4.78 is 10.3. The van der Waals surface area contributed by atoms with Gasteiger partial charge in [0.25, 0.3) is 5.91 Å². The number of pyridine rings is 1. The van der Waals surface area contributed by atoms with Gasteiger partial charge in [-0.3, -0.25) is 14.7 Å². The molecule has 0 bridgehead atoms. The molecule has 1 aliphatic rings. The van der Waals surface area contributed by atoms with E-state index in [1.807, 2.05) is 30.3 Å². The predicted octanol–water partition coefficient (Wildman–Crippen LogP) is 2.70. The molecule has 0 aliphatic carbocycles. The first-order valence-corrected chi connectivity index (χ1v) is 9.37. The molecular weight excluding hydrogens is 382 g/mol. The maximum atomic E-state index is 10.3. The molecule has 0 spiro atoms. The number of rotatable bonds is 5. The number of hydrogen-bond donors (Lipinski definition) is 1. The van der Waals surface area contributed by atoms with E-state index >= 15 is 0 Å². The zero-order chi connectivity index (χ0) is 21.8. The highest BCUT2D eigenvalue weighted by Crippen LogP contribution is 2.30. The van der Waals surface area contributed by atoms with E-state index in [0.29, 0.717) is 17.5 Å². The van der Waals surface area contributed by atoms with Crippen LogP contribution in [0.5, 0.6) is 5.75 Å². The molecule has 1 amide bonds. The Bertz CT molecular complexity index is 912. The zero-order valence-corrected chi connectivity index (χ0v) is 16.8. The second-order valence-electron chi connectivity index (χ2n) is 6.40. The zero-order valence-electron chi connectivity index (χ0n) is 16.8. The second-order valence-corrected chi connectivity index (χ2v) is 6.40. The molecule has 1 aromatic carbocycles. The summed E-state index contributed by atoms with van der Waals surface area (Å²) in [6.07, 6.45) is 13.7. The topological polar surface area (TPSA) is 107 Å². The molecule has 8 nitrogen and oxygen atoms in total. The third kappa shape index (κ3) is 6.72. The Hall–Kier alpha value is -3.70. The van der Waals surface area contributed by atoms with Crippen molar-refractivity contribution in [1.29, 1.82) is 0 Å². The molecule has 4 rings (SSSR count). The molecule has 2 N–H and O–H groups in total. The van der Waals surface area contributed by atoms with Crippen LogP contribution in [0, 0.1) is 12.8 Å². The van der Waals surface area contributed by atoms with Crippen LogP contribution in [0.25, 0.3) is 11.4 Å². The quantitative estimate of drug-likeness (QED) is 0.648. The number of hydrogen-bond acceptors (Lipinski definition) is 7. The van der Waals surface area contributed by atoms with E-state index in [-0.39, 0.29) is 12.6 Å². The fourth-order valence-corrected chi connectivity index (χ4v) is 2.88. The van der Waals surface area contributed by atoms with Crippen molar-refractivity contribution >= 4 is 5.91 Å². The van der Waals surface area contributed by atoms with Gasteiger partial charge in [0, 0.05) is 18.0 Å². The Morgan fingerprint density at radius 1 is 1.27 bits per heavy atom. The van der Waals surface area contributed by atoms with Crippen LogP contribution >= 0.6 is 0 Å². The lowest BCUT2D eigenvalue weighted by Gasteiger charge is -2.14. The average Bonchev–Trinajstić information content (AvgIpc) is 3.44. The number of nitrogens with two attached hydrogens (primary N) is 1. The number of terminal acetylenes is 1. The molecule has 1 aliphatic heterocycles. The van der Waals surface area contributed by atoms with Gasteiger partial charge in [0.05, 0.1) is 6.04 Å². The van der Waals surface area contributed by atoms with Crippen molar-refractivity contribution < 1.29 is 14.1 Å². The van der Waals surface area contributed by atoms with Crippen LogP contribution in [0.15, 0.2) is 59.4 Å². The molecule has 0 saturated carbocycles. The molecule has 30 heavy (non-hydrogen) atoms. The number of aromatic nitrogens is 3. The minimum Gasteiger partial charge on any atom is -0.484 e. The van der Waals surface area contributed by atoms with Gasteiger partial charge < -0.3 is 15.0 Å². The van der Waals surface area contributed by atoms with Gasteiger partial charge in [-0.2, -0.15) is 4.98 Å². The highest BCUT2D eigenvalue weighted by Gasteiger charge is 2.27. The van der Waals surface area contributed by atoms with E-state index in [0.717, 1.165) is 18.5 Å². The lowest BCUT2D eigenvalue weighted by atomic mass is 10.2. The summed E-state index contributed by atoms with van der Waals surface area (Å²) in [5.41, 5.74) is 5.77. The van der Waals surface area contributed by atoms with Gasteiger partial charge in [0.1, 0.15) is 5.75 Å². The fourth-order valence-electron chi connectivity index (χ4n) is 2.88. The smallest absolute Gasteiger partial charge is 0.255 e. The van der Waals surface area contributed by atoms with E-state index in [9.17, 15) is 4.79 Å². The largest absolute Gasteiger partial charge is 0.484 e. The third-order valence-corrected chi connectivity index (χ3v) is 4.29. The van der Waals surface area contributed by atoms with E-state index < -0.39 is 5.91 Å². The van der Waals surface area contributed by atoms with Crippen molar-refractivity contribution in [1.82, 2.24) is 20.0 Å². The van der Waals surface area contributed by atoms with Gasteiger partial charge in [-0.15, -0.1) is 12.8 Å². The first-order valence-electron chi connectivity index (χ1n) is 9.37. The Morgan fingerprint density at radius 2 is 2.03 bits per heavy atom. The molecular formula is C22H25N5O3. The highest BCUT2D eigenvalue weighted by atomic mass is 16.5. The van der Waals surface area contributed by atoms with Gasteiger partial charge in [0.15, 0.2) is 6.61 Å².